The molecule has 1 fully saturated rings. The number of nitrogens with one attached hydrogen (secondary N) is 1. The van der Waals surface area contributed by atoms with Crippen LogP contribution in [0.4, 0.5) is 15.3 Å². The summed E-state index contributed by atoms with van der Waals surface area (Å²) in [7, 11) is 0. The van der Waals surface area contributed by atoms with Crippen molar-refractivity contribution in [3.8, 4) is 0 Å². The van der Waals surface area contributed by atoms with E-state index in [0.717, 1.165) is 5.56 Å². The number of hydrogen-bond acceptors (Lipinski definition) is 7. The highest BCUT2D eigenvalue weighted by Gasteiger charge is 2.29. The summed E-state index contributed by atoms with van der Waals surface area (Å²) >= 11 is 1.26. The molecular formula is C18H19FN6OS. The van der Waals surface area contributed by atoms with Crippen LogP contribution in [0.5, 0.6) is 0 Å². The van der Waals surface area contributed by atoms with Crippen LogP contribution < -0.4 is 11.1 Å². The normalized spacial score (nSPS) is 18.0. The quantitative estimate of drug-likeness (QED) is 0.715. The van der Waals surface area contributed by atoms with Gasteiger partial charge in [-0.15, -0.1) is 11.3 Å². The Kier molecular flexibility index (Phi) is 4.61. The third-order valence-corrected chi connectivity index (χ3v) is 5.50. The van der Waals surface area contributed by atoms with Gasteiger partial charge in [-0.05, 0) is 31.0 Å². The summed E-state index contributed by atoms with van der Waals surface area (Å²) in [5.74, 6) is 0.0393. The Morgan fingerprint density at radius 1 is 1.48 bits per heavy atom. The van der Waals surface area contributed by atoms with Gasteiger partial charge in [-0.1, -0.05) is 6.07 Å². The zero-order chi connectivity index (χ0) is 19.0. The largest absolute Gasteiger partial charge is 0.391 e. The molecule has 27 heavy (non-hydrogen) atoms. The predicted octanol–water partition coefficient (Wildman–Crippen LogP) is 3.03. The van der Waals surface area contributed by atoms with Gasteiger partial charge in [0, 0.05) is 18.9 Å². The molecule has 3 aromatic heterocycles. The Morgan fingerprint density at radius 3 is 3.04 bits per heavy atom. The summed E-state index contributed by atoms with van der Waals surface area (Å²) in [4.78, 5) is 27.5. The molecule has 0 aromatic carbocycles. The lowest BCUT2D eigenvalue weighted by molar-refractivity contribution is 0.0779. The molecule has 3 N–H and O–H groups in total. The molecule has 4 rings (SSSR count). The van der Waals surface area contributed by atoms with Crippen molar-refractivity contribution in [1.82, 2.24) is 19.9 Å². The molecule has 4 heterocycles. The van der Waals surface area contributed by atoms with Crippen LogP contribution in [0.3, 0.4) is 0 Å². The number of pyridine rings is 1. The maximum atomic E-state index is 13.5. The van der Waals surface area contributed by atoms with Gasteiger partial charge in [-0.2, -0.15) is 0 Å². The van der Waals surface area contributed by atoms with E-state index in [1.807, 2.05) is 19.1 Å². The molecular weight excluding hydrogens is 367 g/mol. The van der Waals surface area contributed by atoms with Gasteiger partial charge in [0.1, 0.15) is 6.17 Å². The molecule has 3 aromatic rings. The Morgan fingerprint density at radius 2 is 2.33 bits per heavy atom. The first kappa shape index (κ1) is 17.6. The molecule has 0 saturated carbocycles. The third-order valence-electron chi connectivity index (χ3n) is 4.54. The topological polar surface area (TPSA) is 97.0 Å². The molecule has 140 valence electrons. The standard InChI is InChI=1S/C18H19FN6OS/c1-10(11-3-2-5-21-8-11)22-18-23-13-7-14(20)27-16(13)15(24-18)17(26)25-6-4-12(19)9-25/h2-3,5,7-8,10,12H,4,6,9,20H2,1H3,(H,22,23,24)/t10-,12-/m0/s1. The van der Waals surface area contributed by atoms with Gasteiger partial charge in [0.15, 0.2) is 5.69 Å². The number of carbonyl (C=O) groups is 1. The first-order chi connectivity index (χ1) is 13.0. The number of likely N-dealkylation sites (tertiary alicyclic amines) is 1. The number of carbonyl (C=O) groups excluding carboxylic acids is 1. The molecule has 0 unspecified atom stereocenters. The number of anilines is 2. The molecule has 0 spiro atoms. The lowest BCUT2D eigenvalue weighted by Crippen LogP contribution is -2.30. The molecule has 1 amide bonds. The first-order valence-corrected chi connectivity index (χ1v) is 9.50. The highest BCUT2D eigenvalue weighted by atomic mass is 32.1. The minimum absolute atomic E-state index is 0.0973. The molecule has 2 atom stereocenters. The summed E-state index contributed by atoms with van der Waals surface area (Å²) in [5.41, 5.74) is 7.75. The number of halogens is 1. The van der Waals surface area contributed by atoms with Crippen LogP contribution in [0.25, 0.3) is 10.2 Å². The number of nitrogens with two attached hydrogens (primary N) is 1. The second-order valence-corrected chi connectivity index (χ2v) is 7.63. The van der Waals surface area contributed by atoms with Crippen LogP contribution in [0, 0.1) is 0 Å². The number of amides is 1. The van der Waals surface area contributed by atoms with Crippen LogP contribution >= 0.6 is 11.3 Å². The SMILES string of the molecule is C[C@H](Nc1nc(C(=O)N2CC[C@H](F)C2)c2sc(N)cc2n1)c1cccnc1. The molecule has 0 radical (unpaired) electrons. The fourth-order valence-corrected chi connectivity index (χ4v) is 3.96. The van der Waals surface area contributed by atoms with Gasteiger partial charge in [0.2, 0.25) is 5.95 Å². The van der Waals surface area contributed by atoms with Crippen molar-refractivity contribution in [2.24, 2.45) is 0 Å². The van der Waals surface area contributed by atoms with Gasteiger partial charge in [0.05, 0.1) is 27.8 Å². The summed E-state index contributed by atoms with van der Waals surface area (Å²) in [6, 6.07) is 5.42. The van der Waals surface area contributed by atoms with E-state index in [2.05, 4.69) is 20.3 Å². The van der Waals surface area contributed by atoms with E-state index in [1.165, 1.54) is 16.2 Å². The van der Waals surface area contributed by atoms with Gasteiger partial charge < -0.3 is 16.0 Å². The summed E-state index contributed by atoms with van der Waals surface area (Å²) < 4.78 is 14.2. The van der Waals surface area contributed by atoms with Crippen molar-refractivity contribution in [2.75, 3.05) is 24.1 Å². The zero-order valence-electron chi connectivity index (χ0n) is 14.7. The first-order valence-electron chi connectivity index (χ1n) is 8.68. The van der Waals surface area contributed by atoms with E-state index in [0.29, 0.717) is 34.1 Å². The number of hydrogen-bond donors (Lipinski definition) is 2. The van der Waals surface area contributed by atoms with Crippen molar-refractivity contribution in [3.05, 3.63) is 41.9 Å². The number of alkyl halides is 1. The van der Waals surface area contributed by atoms with Crippen LogP contribution in [0.2, 0.25) is 0 Å². The molecule has 1 aliphatic heterocycles. The minimum Gasteiger partial charge on any atom is -0.391 e. The average molecular weight is 386 g/mol. The van der Waals surface area contributed by atoms with Gasteiger partial charge in [-0.25, -0.2) is 14.4 Å². The second kappa shape index (κ2) is 7.07. The van der Waals surface area contributed by atoms with Gasteiger partial charge in [0.25, 0.3) is 5.91 Å². The Labute approximate surface area is 159 Å². The number of fused-ring (bicyclic) bond motifs is 1. The van der Waals surface area contributed by atoms with Crippen molar-refractivity contribution >= 4 is 38.4 Å². The average Bonchev–Trinajstić information content (AvgIpc) is 3.26. The number of nitrogens with zero attached hydrogens (tertiary/aromatic N) is 4. The number of aromatic nitrogens is 3. The molecule has 0 bridgehead atoms. The maximum Gasteiger partial charge on any atom is 0.274 e. The molecule has 7 nitrogen and oxygen atoms in total. The number of rotatable bonds is 4. The highest BCUT2D eigenvalue weighted by molar-refractivity contribution is 7.22. The monoisotopic (exact) mass is 386 g/mol. The molecule has 0 aliphatic carbocycles. The Balaban J connectivity index is 1.69. The van der Waals surface area contributed by atoms with E-state index < -0.39 is 6.17 Å². The summed E-state index contributed by atoms with van der Waals surface area (Å²) in [6.07, 6.45) is 2.84. The van der Waals surface area contributed by atoms with E-state index in [4.69, 9.17) is 5.73 Å². The van der Waals surface area contributed by atoms with E-state index in [-0.39, 0.29) is 24.2 Å². The highest BCUT2D eigenvalue weighted by Crippen LogP contribution is 2.31. The van der Waals surface area contributed by atoms with Crippen molar-refractivity contribution in [3.63, 3.8) is 0 Å². The lowest BCUT2D eigenvalue weighted by Gasteiger charge is -2.17. The van der Waals surface area contributed by atoms with Gasteiger partial charge >= 0.3 is 0 Å². The fourth-order valence-electron chi connectivity index (χ4n) is 3.12. The van der Waals surface area contributed by atoms with Crippen LogP contribution in [-0.2, 0) is 0 Å². The van der Waals surface area contributed by atoms with Crippen molar-refractivity contribution < 1.29 is 9.18 Å². The number of thiophene rings is 1. The van der Waals surface area contributed by atoms with Crippen LogP contribution in [0.15, 0.2) is 30.6 Å². The third kappa shape index (κ3) is 3.55. The molecule has 1 saturated heterocycles. The second-order valence-electron chi connectivity index (χ2n) is 6.55. The van der Waals surface area contributed by atoms with E-state index >= 15 is 0 Å². The van der Waals surface area contributed by atoms with E-state index in [1.54, 1.807) is 18.5 Å². The predicted molar refractivity (Wildman–Crippen MR) is 104 cm³/mol. The molecule has 9 heteroatoms. The Hall–Kier alpha value is -2.81. The van der Waals surface area contributed by atoms with Crippen molar-refractivity contribution in [2.45, 2.75) is 25.6 Å². The number of nitrogen functional groups attached to an aromatic ring is 1. The zero-order valence-corrected chi connectivity index (χ0v) is 15.5. The van der Waals surface area contributed by atoms with Gasteiger partial charge in [-0.3, -0.25) is 9.78 Å². The summed E-state index contributed by atoms with van der Waals surface area (Å²) in [6.45, 7) is 2.45. The lowest BCUT2D eigenvalue weighted by atomic mass is 10.1. The minimum atomic E-state index is -0.983. The smallest absolute Gasteiger partial charge is 0.274 e. The van der Waals surface area contributed by atoms with E-state index in [9.17, 15) is 9.18 Å². The molecule has 1 aliphatic rings. The fraction of sp³-hybridized carbons (Fsp3) is 0.333. The van der Waals surface area contributed by atoms with Crippen LogP contribution in [0.1, 0.15) is 35.4 Å². The maximum absolute atomic E-state index is 13.5. The Bertz CT molecular complexity index is 979. The van der Waals surface area contributed by atoms with Crippen molar-refractivity contribution in [1.29, 1.82) is 0 Å². The summed E-state index contributed by atoms with van der Waals surface area (Å²) in [5, 5.41) is 3.76. The van der Waals surface area contributed by atoms with Crippen LogP contribution in [-0.4, -0.2) is 45.0 Å².